The molecule has 1 aromatic carbocycles. The van der Waals surface area contributed by atoms with E-state index in [0.717, 1.165) is 31.6 Å². The van der Waals surface area contributed by atoms with Crippen molar-refractivity contribution in [2.24, 2.45) is 5.41 Å². The van der Waals surface area contributed by atoms with E-state index in [1.54, 1.807) is 6.92 Å². The summed E-state index contributed by atoms with van der Waals surface area (Å²) in [6, 6.07) is 8.16. The smallest absolute Gasteiger partial charge is 0.407 e. The quantitative estimate of drug-likeness (QED) is 0.175. The molecule has 1 atom stereocenters. The molecule has 0 heterocycles. The van der Waals surface area contributed by atoms with Crippen LogP contribution in [0.5, 0.6) is 5.75 Å². The number of rotatable bonds is 15. The van der Waals surface area contributed by atoms with Gasteiger partial charge in [0.15, 0.2) is 0 Å². The Morgan fingerprint density at radius 1 is 0.971 bits per heavy atom. The third kappa shape index (κ3) is 13.9. The second-order valence-corrected chi connectivity index (χ2v) is 10.0. The van der Waals surface area contributed by atoms with Crippen LogP contribution in [0.1, 0.15) is 85.6 Å². The second-order valence-electron chi connectivity index (χ2n) is 10.0. The van der Waals surface area contributed by atoms with Crippen molar-refractivity contribution in [1.82, 2.24) is 5.32 Å². The maximum absolute atomic E-state index is 12.2. The number of alkyl carbamates (subject to hydrolysis) is 1. The molecule has 0 aliphatic rings. The first-order valence-electron chi connectivity index (χ1n) is 12.6. The second kappa shape index (κ2) is 15.4. The average Bonchev–Trinajstić information content (AvgIpc) is 2.77. The lowest BCUT2D eigenvalue weighted by molar-refractivity contribution is -0.137. The van der Waals surface area contributed by atoms with Gasteiger partial charge in [0.1, 0.15) is 11.4 Å². The van der Waals surface area contributed by atoms with Gasteiger partial charge in [-0.05, 0) is 64.7 Å². The summed E-state index contributed by atoms with van der Waals surface area (Å²) >= 11 is 0. The van der Waals surface area contributed by atoms with Crippen LogP contribution >= 0.6 is 0 Å². The van der Waals surface area contributed by atoms with Gasteiger partial charge in [0.2, 0.25) is 0 Å². The van der Waals surface area contributed by atoms with Crippen LogP contribution in [0.3, 0.4) is 0 Å². The first-order valence-corrected chi connectivity index (χ1v) is 12.6. The number of aryl methyl sites for hydroxylation is 1. The lowest BCUT2D eigenvalue weighted by atomic mass is 9.83. The SMILES string of the molecule is CCCCCCCOc1ccc(CC[C@](C)(/C=C/C(=O)OCC)CNC(=O)OC(C)(C)C)cc1. The summed E-state index contributed by atoms with van der Waals surface area (Å²) in [5.74, 6) is 0.498. The lowest BCUT2D eigenvalue weighted by Gasteiger charge is -2.28. The van der Waals surface area contributed by atoms with E-state index in [-0.39, 0.29) is 5.97 Å². The van der Waals surface area contributed by atoms with Crippen molar-refractivity contribution in [3.63, 3.8) is 0 Å². The number of hydrogen-bond donors (Lipinski definition) is 1. The molecule has 34 heavy (non-hydrogen) atoms. The molecule has 0 radical (unpaired) electrons. The van der Waals surface area contributed by atoms with Gasteiger partial charge in [-0.2, -0.15) is 0 Å². The van der Waals surface area contributed by atoms with Crippen molar-refractivity contribution in [1.29, 1.82) is 0 Å². The van der Waals surface area contributed by atoms with Crippen LogP contribution < -0.4 is 10.1 Å². The zero-order chi connectivity index (χ0) is 25.5. The number of esters is 1. The van der Waals surface area contributed by atoms with Crippen LogP contribution in [0.25, 0.3) is 0 Å². The van der Waals surface area contributed by atoms with E-state index in [9.17, 15) is 9.59 Å². The average molecular weight is 476 g/mol. The topological polar surface area (TPSA) is 73.9 Å². The summed E-state index contributed by atoms with van der Waals surface area (Å²) in [4.78, 5) is 24.0. The van der Waals surface area contributed by atoms with Crippen molar-refractivity contribution < 1.29 is 23.8 Å². The molecular formula is C28H45NO5. The first kappa shape index (κ1) is 29.5. The fourth-order valence-electron chi connectivity index (χ4n) is 3.36. The van der Waals surface area contributed by atoms with E-state index < -0.39 is 17.1 Å². The molecule has 1 rings (SSSR count). The van der Waals surface area contributed by atoms with E-state index in [1.165, 1.54) is 37.3 Å². The zero-order valence-electron chi connectivity index (χ0n) is 22.1. The van der Waals surface area contributed by atoms with Gasteiger partial charge in [0.25, 0.3) is 0 Å². The third-order valence-corrected chi connectivity index (χ3v) is 5.37. The fourth-order valence-corrected chi connectivity index (χ4v) is 3.36. The Morgan fingerprint density at radius 2 is 1.65 bits per heavy atom. The summed E-state index contributed by atoms with van der Waals surface area (Å²) in [5.41, 5.74) is 0.154. The van der Waals surface area contributed by atoms with Crippen molar-refractivity contribution >= 4 is 12.1 Å². The molecule has 1 aromatic rings. The number of nitrogens with one attached hydrogen (secondary N) is 1. The van der Waals surface area contributed by atoms with Crippen molar-refractivity contribution in [3.05, 3.63) is 42.0 Å². The van der Waals surface area contributed by atoms with Crippen molar-refractivity contribution in [2.45, 2.75) is 92.1 Å². The minimum absolute atomic E-state index is 0.323. The predicted octanol–water partition coefficient (Wildman–Crippen LogP) is 6.62. The highest BCUT2D eigenvalue weighted by Gasteiger charge is 2.24. The molecule has 1 amide bonds. The van der Waals surface area contributed by atoms with E-state index in [0.29, 0.717) is 13.2 Å². The largest absolute Gasteiger partial charge is 0.494 e. The van der Waals surface area contributed by atoms with Gasteiger partial charge in [-0.3, -0.25) is 0 Å². The molecule has 0 spiro atoms. The van der Waals surface area contributed by atoms with Gasteiger partial charge in [0.05, 0.1) is 13.2 Å². The number of hydrogen-bond acceptors (Lipinski definition) is 5. The van der Waals surface area contributed by atoms with Gasteiger partial charge in [-0.1, -0.05) is 57.7 Å². The Hall–Kier alpha value is -2.50. The molecule has 0 aliphatic carbocycles. The number of unbranched alkanes of at least 4 members (excludes halogenated alkanes) is 4. The Balaban J connectivity index is 2.66. The highest BCUT2D eigenvalue weighted by atomic mass is 16.6. The van der Waals surface area contributed by atoms with E-state index in [4.69, 9.17) is 14.2 Å². The first-order chi connectivity index (χ1) is 16.1. The Bertz CT molecular complexity index is 751. The van der Waals surface area contributed by atoms with Crippen LogP contribution in [0.4, 0.5) is 4.79 Å². The minimum atomic E-state index is -0.569. The Kier molecular flexibility index (Phi) is 13.4. The van der Waals surface area contributed by atoms with Gasteiger partial charge < -0.3 is 19.5 Å². The van der Waals surface area contributed by atoms with Crippen LogP contribution in [0.15, 0.2) is 36.4 Å². The molecule has 6 heteroatoms. The summed E-state index contributed by atoms with van der Waals surface area (Å²) in [6.45, 7) is 12.9. The lowest BCUT2D eigenvalue weighted by Crippen LogP contribution is -2.38. The molecule has 0 fully saturated rings. The summed E-state index contributed by atoms with van der Waals surface area (Å²) < 4.78 is 16.2. The highest BCUT2D eigenvalue weighted by molar-refractivity contribution is 5.82. The molecule has 0 bridgehead atoms. The molecule has 0 aliphatic heterocycles. The van der Waals surface area contributed by atoms with Gasteiger partial charge in [0, 0.05) is 18.0 Å². The molecule has 192 valence electrons. The normalized spacial score (nSPS) is 13.4. The predicted molar refractivity (Wildman–Crippen MR) is 137 cm³/mol. The minimum Gasteiger partial charge on any atom is -0.494 e. The molecule has 6 nitrogen and oxygen atoms in total. The third-order valence-electron chi connectivity index (χ3n) is 5.37. The molecule has 0 saturated carbocycles. The summed E-state index contributed by atoms with van der Waals surface area (Å²) in [7, 11) is 0. The Labute approximate surface area is 206 Å². The molecule has 0 saturated heterocycles. The molecule has 0 unspecified atom stereocenters. The van der Waals surface area contributed by atoms with Crippen LogP contribution in [-0.4, -0.2) is 37.4 Å². The summed E-state index contributed by atoms with van der Waals surface area (Å²) in [5, 5.41) is 2.84. The number of ether oxygens (including phenoxy) is 3. The van der Waals surface area contributed by atoms with Crippen molar-refractivity contribution in [3.8, 4) is 5.75 Å². The number of carbonyl (C=O) groups is 2. The monoisotopic (exact) mass is 475 g/mol. The maximum atomic E-state index is 12.2. The number of carbonyl (C=O) groups excluding carboxylic acids is 2. The zero-order valence-corrected chi connectivity index (χ0v) is 22.1. The molecule has 0 aromatic heterocycles. The van der Waals surface area contributed by atoms with Crippen LogP contribution in [-0.2, 0) is 20.7 Å². The Morgan fingerprint density at radius 3 is 2.26 bits per heavy atom. The van der Waals surface area contributed by atoms with E-state index in [1.807, 2.05) is 45.9 Å². The van der Waals surface area contributed by atoms with E-state index in [2.05, 4.69) is 24.4 Å². The fraction of sp³-hybridized carbons (Fsp3) is 0.643. The van der Waals surface area contributed by atoms with Gasteiger partial charge in [-0.25, -0.2) is 9.59 Å². The summed E-state index contributed by atoms with van der Waals surface area (Å²) in [6.07, 6.45) is 10.4. The standard InChI is InChI=1S/C28H45NO5/c1-7-9-10-11-12-21-33-24-15-13-23(14-16-24)17-19-28(6,20-18-25(30)32-8-2)22-29-26(31)34-27(3,4)5/h13-16,18,20H,7-12,17,19,21-22H2,1-6H3,(H,29,31)/b20-18+/t28-/m1/s1. The van der Waals surface area contributed by atoms with Gasteiger partial charge in [-0.15, -0.1) is 0 Å². The highest BCUT2D eigenvalue weighted by Crippen LogP contribution is 2.26. The van der Waals surface area contributed by atoms with E-state index >= 15 is 0 Å². The molecular weight excluding hydrogens is 430 g/mol. The van der Waals surface area contributed by atoms with Gasteiger partial charge >= 0.3 is 12.1 Å². The van der Waals surface area contributed by atoms with Crippen LogP contribution in [0.2, 0.25) is 0 Å². The number of amides is 1. The van der Waals surface area contributed by atoms with Crippen LogP contribution in [0, 0.1) is 5.41 Å². The van der Waals surface area contributed by atoms with Crippen molar-refractivity contribution in [2.75, 3.05) is 19.8 Å². The maximum Gasteiger partial charge on any atom is 0.407 e. The molecule has 1 N–H and O–H groups in total. The number of benzene rings is 1.